The lowest BCUT2D eigenvalue weighted by Gasteiger charge is -2.37. The van der Waals surface area contributed by atoms with Gasteiger partial charge in [0.25, 0.3) is 0 Å². The highest BCUT2D eigenvalue weighted by Gasteiger charge is 2.47. The number of nitrogens with one attached hydrogen (secondary N) is 1. The van der Waals surface area contributed by atoms with E-state index in [1.807, 2.05) is 4.90 Å². The zero-order valence-electron chi connectivity index (χ0n) is 21.2. The summed E-state index contributed by atoms with van der Waals surface area (Å²) < 4.78 is 11.6. The maximum Gasteiger partial charge on any atom is 0.410 e. The lowest BCUT2D eigenvalue weighted by molar-refractivity contribution is -0.126. The molecule has 1 atom stereocenters. The molecule has 35 heavy (non-hydrogen) atoms. The van der Waals surface area contributed by atoms with E-state index in [4.69, 9.17) is 9.47 Å². The van der Waals surface area contributed by atoms with E-state index in [-0.39, 0.29) is 29.6 Å². The topological polar surface area (TPSA) is 71.1 Å². The number of amides is 2. The summed E-state index contributed by atoms with van der Waals surface area (Å²) in [5.41, 5.74) is 2.39. The molecule has 1 aromatic rings. The third-order valence-electron chi connectivity index (χ3n) is 8.69. The minimum atomic E-state index is -0.321. The third kappa shape index (κ3) is 6.00. The van der Waals surface area contributed by atoms with Crippen molar-refractivity contribution in [1.82, 2.24) is 15.1 Å². The van der Waals surface area contributed by atoms with Gasteiger partial charge in [0.05, 0.1) is 12.6 Å². The van der Waals surface area contributed by atoms with Crippen molar-refractivity contribution < 1.29 is 19.1 Å². The Kier molecular flexibility index (Phi) is 7.63. The molecule has 1 saturated carbocycles. The zero-order valence-corrected chi connectivity index (χ0v) is 21.2. The molecule has 0 aromatic heterocycles. The number of aryl methyl sites for hydroxylation is 1. The number of benzene rings is 1. The number of ether oxygens (including phenoxy) is 2. The molecule has 3 heterocycles. The molecule has 1 unspecified atom stereocenters. The van der Waals surface area contributed by atoms with Crippen LogP contribution in [0, 0.1) is 18.8 Å². The third-order valence-corrected chi connectivity index (χ3v) is 8.69. The summed E-state index contributed by atoms with van der Waals surface area (Å²) >= 11 is 0. The Morgan fingerprint density at radius 1 is 1.11 bits per heavy atom. The number of carbonyl (C=O) groups is 2. The first-order valence-corrected chi connectivity index (χ1v) is 13.6. The second-order valence-electron chi connectivity index (χ2n) is 11.2. The summed E-state index contributed by atoms with van der Waals surface area (Å²) in [5, 5.41) is 3.10. The summed E-state index contributed by atoms with van der Waals surface area (Å²) in [4.78, 5) is 29.7. The molecule has 1 N–H and O–H groups in total. The minimum absolute atomic E-state index is 0.0992. The van der Waals surface area contributed by atoms with Gasteiger partial charge in [0.2, 0.25) is 5.91 Å². The summed E-state index contributed by atoms with van der Waals surface area (Å²) in [6.07, 6.45) is 7.80. The van der Waals surface area contributed by atoms with Crippen LogP contribution in [-0.2, 0) is 20.8 Å². The van der Waals surface area contributed by atoms with Crippen LogP contribution in [0.2, 0.25) is 0 Å². The Labute approximate surface area is 209 Å². The number of hydrogen-bond donors (Lipinski definition) is 1. The predicted octanol–water partition coefficient (Wildman–Crippen LogP) is 3.88. The number of piperidine rings is 1. The minimum Gasteiger partial charge on any atom is -0.441 e. The number of carbonyl (C=O) groups excluding carboxylic acids is 2. The lowest BCUT2D eigenvalue weighted by Crippen LogP contribution is -2.47. The smallest absolute Gasteiger partial charge is 0.410 e. The second-order valence-corrected chi connectivity index (χ2v) is 11.2. The van der Waals surface area contributed by atoms with Gasteiger partial charge in [-0.3, -0.25) is 9.69 Å². The lowest BCUT2D eigenvalue weighted by atomic mass is 9.81. The highest BCUT2D eigenvalue weighted by atomic mass is 16.6. The molecule has 1 aromatic carbocycles. The van der Waals surface area contributed by atoms with E-state index in [2.05, 4.69) is 41.4 Å². The molecule has 0 bridgehead atoms. The van der Waals surface area contributed by atoms with Crippen LogP contribution in [0.1, 0.15) is 62.5 Å². The van der Waals surface area contributed by atoms with Gasteiger partial charge < -0.3 is 19.7 Å². The quantitative estimate of drug-likeness (QED) is 0.637. The highest BCUT2D eigenvalue weighted by molar-refractivity contribution is 5.78. The molecule has 4 aliphatic rings. The average molecular weight is 484 g/mol. The summed E-state index contributed by atoms with van der Waals surface area (Å²) in [5.74, 6) is 0.735. The van der Waals surface area contributed by atoms with Gasteiger partial charge in [-0.25, -0.2) is 4.79 Å². The average Bonchev–Trinajstić information content (AvgIpc) is 3.49. The molecular weight excluding hydrogens is 442 g/mol. The fraction of sp³-hybridized carbons (Fsp3) is 0.714. The van der Waals surface area contributed by atoms with E-state index < -0.39 is 0 Å². The molecule has 2 amide bonds. The Morgan fingerprint density at radius 3 is 2.60 bits per heavy atom. The van der Waals surface area contributed by atoms with Crippen LogP contribution in [0.25, 0.3) is 0 Å². The van der Waals surface area contributed by atoms with E-state index in [1.54, 1.807) is 0 Å². The normalized spacial score (nSPS) is 28.9. The Morgan fingerprint density at radius 2 is 1.89 bits per heavy atom. The standard InChI is InChI=1S/C28H41N3O4/c1-21-5-2-3-6-24(21)19-30-14-12-28(13-15-30)20-31(27(33)35-28)18-22-8-10-23(11-9-22)26(32)29-17-25-7-4-16-34-25/h2-3,5-6,22-23,25H,4,7-20H2,1H3,(H,29,32). The molecule has 192 valence electrons. The second kappa shape index (κ2) is 10.9. The molecular formula is C28H41N3O4. The van der Waals surface area contributed by atoms with Gasteiger partial charge in [0.15, 0.2) is 0 Å². The van der Waals surface area contributed by atoms with Crippen molar-refractivity contribution in [3.63, 3.8) is 0 Å². The number of likely N-dealkylation sites (tertiary alicyclic amines) is 1. The van der Waals surface area contributed by atoms with Crippen LogP contribution in [0.5, 0.6) is 0 Å². The SMILES string of the molecule is Cc1ccccc1CN1CCC2(CC1)CN(CC1CCC(C(=O)NCC3CCCO3)CC1)C(=O)O2. The molecule has 1 aliphatic carbocycles. The van der Waals surface area contributed by atoms with E-state index in [0.29, 0.717) is 19.0 Å². The van der Waals surface area contributed by atoms with Crippen molar-refractivity contribution >= 4 is 12.0 Å². The van der Waals surface area contributed by atoms with Crippen LogP contribution < -0.4 is 5.32 Å². The molecule has 3 aliphatic heterocycles. The summed E-state index contributed by atoms with van der Waals surface area (Å²) in [6.45, 7) is 7.99. The van der Waals surface area contributed by atoms with E-state index in [9.17, 15) is 9.59 Å². The van der Waals surface area contributed by atoms with Gasteiger partial charge in [0.1, 0.15) is 5.60 Å². The Bertz CT molecular complexity index is 884. The van der Waals surface area contributed by atoms with Crippen molar-refractivity contribution in [3.05, 3.63) is 35.4 Å². The number of hydrogen-bond acceptors (Lipinski definition) is 5. The van der Waals surface area contributed by atoms with Crippen LogP contribution in [0.4, 0.5) is 4.79 Å². The fourth-order valence-corrected chi connectivity index (χ4v) is 6.32. The summed E-state index contributed by atoms with van der Waals surface area (Å²) in [6, 6.07) is 8.57. The number of rotatable bonds is 7. The van der Waals surface area contributed by atoms with Gasteiger partial charge in [0, 0.05) is 58.1 Å². The maximum atomic E-state index is 12.7. The molecule has 5 rings (SSSR count). The molecule has 7 heteroatoms. The largest absolute Gasteiger partial charge is 0.441 e. The summed E-state index contributed by atoms with van der Waals surface area (Å²) in [7, 11) is 0. The molecule has 3 saturated heterocycles. The molecule has 0 radical (unpaired) electrons. The van der Waals surface area contributed by atoms with Crippen molar-refractivity contribution in [2.45, 2.75) is 76.5 Å². The number of nitrogens with zero attached hydrogens (tertiary/aromatic N) is 2. The van der Waals surface area contributed by atoms with Crippen molar-refractivity contribution in [3.8, 4) is 0 Å². The molecule has 4 fully saturated rings. The van der Waals surface area contributed by atoms with Gasteiger partial charge in [-0.1, -0.05) is 24.3 Å². The molecule has 1 spiro atoms. The first kappa shape index (κ1) is 24.6. The predicted molar refractivity (Wildman–Crippen MR) is 134 cm³/mol. The molecule has 7 nitrogen and oxygen atoms in total. The van der Waals surface area contributed by atoms with Crippen LogP contribution in [0.3, 0.4) is 0 Å². The van der Waals surface area contributed by atoms with Crippen molar-refractivity contribution in [2.75, 3.05) is 39.3 Å². The first-order chi connectivity index (χ1) is 17.0. The van der Waals surface area contributed by atoms with E-state index in [0.717, 1.165) is 84.2 Å². The van der Waals surface area contributed by atoms with Crippen LogP contribution in [0.15, 0.2) is 24.3 Å². The van der Waals surface area contributed by atoms with Gasteiger partial charge in [-0.15, -0.1) is 0 Å². The zero-order chi connectivity index (χ0) is 24.3. The highest BCUT2D eigenvalue weighted by Crippen LogP contribution is 2.36. The fourth-order valence-electron chi connectivity index (χ4n) is 6.32. The van der Waals surface area contributed by atoms with Crippen molar-refractivity contribution in [1.29, 1.82) is 0 Å². The van der Waals surface area contributed by atoms with Gasteiger partial charge in [-0.05, 0) is 62.5 Å². The first-order valence-electron chi connectivity index (χ1n) is 13.6. The van der Waals surface area contributed by atoms with E-state index in [1.165, 1.54) is 11.1 Å². The van der Waals surface area contributed by atoms with Crippen LogP contribution >= 0.6 is 0 Å². The van der Waals surface area contributed by atoms with Gasteiger partial charge >= 0.3 is 6.09 Å². The Hall–Kier alpha value is -2.12. The van der Waals surface area contributed by atoms with Gasteiger partial charge in [-0.2, -0.15) is 0 Å². The van der Waals surface area contributed by atoms with Crippen LogP contribution in [-0.4, -0.2) is 72.8 Å². The van der Waals surface area contributed by atoms with Crippen molar-refractivity contribution in [2.24, 2.45) is 11.8 Å². The Balaban J connectivity index is 1.04. The monoisotopic (exact) mass is 483 g/mol. The maximum absolute atomic E-state index is 12.7. The van der Waals surface area contributed by atoms with E-state index >= 15 is 0 Å².